The molecule has 0 N–H and O–H groups in total. The topological polar surface area (TPSA) is 69.7 Å². The highest BCUT2D eigenvalue weighted by Gasteiger charge is 2.19. The molecule has 1 atom stereocenters. The quantitative estimate of drug-likeness (QED) is 0.374. The molecular weight excluding hydrogens is 460 g/mol. The van der Waals surface area contributed by atoms with Gasteiger partial charge in [-0.3, -0.25) is 0 Å². The summed E-state index contributed by atoms with van der Waals surface area (Å²) >= 11 is 6.13. The van der Waals surface area contributed by atoms with Gasteiger partial charge in [0, 0.05) is 10.6 Å². The van der Waals surface area contributed by atoms with Gasteiger partial charge in [0.05, 0.1) is 16.2 Å². The first kappa shape index (κ1) is 26.8. The molecule has 0 aromatic heterocycles. The van der Waals surface area contributed by atoms with Crippen molar-refractivity contribution in [3.63, 3.8) is 0 Å². The van der Waals surface area contributed by atoms with Gasteiger partial charge in [-0.1, -0.05) is 49.8 Å². The van der Waals surface area contributed by atoms with Crippen LogP contribution in [0.1, 0.15) is 57.7 Å². The van der Waals surface area contributed by atoms with E-state index in [1.165, 1.54) is 0 Å². The van der Waals surface area contributed by atoms with Crippen molar-refractivity contribution in [1.29, 1.82) is 0 Å². The highest BCUT2D eigenvalue weighted by atomic mass is 35.5. The van der Waals surface area contributed by atoms with Gasteiger partial charge in [0.25, 0.3) is 0 Å². The third-order valence-electron chi connectivity index (χ3n) is 4.81. The number of benzene rings is 2. The van der Waals surface area contributed by atoms with Gasteiger partial charge in [0.15, 0.2) is 16.4 Å². The lowest BCUT2D eigenvalue weighted by molar-refractivity contribution is -0.157. The van der Waals surface area contributed by atoms with Crippen LogP contribution < -0.4 is 4.74 Å². The molecule has 0 saturated heterocycles. The van der Waals surface area contributed by atoms with Gasteiger partial charge >= 0.3 is 5.97 Å². The van der Waals surface area contributed by atoms with Gasteiger partial charge in [-0.2, -0.15) is 0 Å². The van der Waals surface area contributed by atoms with Gasteiger partial charge in [0.2, 0.25) is 0 Å². The molecule has 1 unspecified atom stereocenters. The lowest BCUT2D eigenvalue weighted by Crippen LogP contribution is -2.27. The fourth-order valence-electron chi connectivity index (χ4n) is 2.89. The number of hydrogen-bond acceptors (Lipinski definition) is 5. The molecule has 0 fully saturated rings. The zero-order chi connectivity index (χ0) is 24.8. The van der Waals surface area contributed by atoms with Crippen molar-refractivity contribution < 1.29 is 22.7 Å². The molecular formula is C26H31ClO5S. The van der Waals surface area contributed by atoms with Crippen LogP contribution in [0.25, 0.3) is 0 Å². The molecule has 0 bridgehead atoms. The van der Waals surface area contributed by atoms with Gasteiger partial charge in [0.1, 0.15) is 11.4 Å². The van der Waals surface area contributed by atoms with E-state index >= 15 is 0 Å². The summed E-state index contributed by atoms with van der Waals surface area (Å²) in [5.41, 5.74) is 1.32. The molecule has 2 aromatic carbocycles. The van der Waals surface area contributed by atoms with Crippen molar-refractivity contribution in [2.75, 3.05) is 12.4 Å². The molecule has 0 radical (unpaired) electrons. The van der Waals surface area contributed by atoms with E-state index in [4.69, 9.17) is 21.1 Å². The van der Waals surface area contributed by atoms with Crippen LogP contribution in [0.5, 0.6) is 5.75 Å². The summed E-state index contributed by atoms with van der Waals surface area (Å²) < 4.78 is 36.4. The minimum absolute atomic E-state index is 0.0713. The number of sulfone groups is 1. The second-order valence-electron chi connectivity index (χ2n) is 9.04. The standard InChI is InChI=1S/C26H31ClO5S/c1-7-18(2)17-33(29,30)23-12-8-19(3)20(15-23)9-10-21-14-22(27)11-13-24(21)31-16-25(28)32-26(4,5)6/h8,11-15,18H,7,16-17H2,1-6H3. The maximum Gasteiger partial charge on any atom is 0.344 e. The summed E-state index contributed by atoms with van der Waals surface area (Å²) in [5, 5.41) is 0.463. The first-order valence-electron chi connectivity index (χ1n) is 10.8. The molecule has 178 valence electrons. The third kappa shape index (κ3) is 8.42. The predicted octanol–water partition coefficient (Wildman–Crippen LogP) is 5.59. The summed E-state index contributed by atoms with van der Waals surface area (Å²) in [6.45, 7) is 10.8. The summed E-state index contributed by atoms with van der Waals surface area (Å²) in [5.74, 6) is 6.10. The molecule has 5 nitrogen and oxygen atoms in total. The number of rotatable bonds is 7. The van der Waals surface area contributed by atoms with Crippen LogP contribution >= 0.6 is 11.6 Å². The molecule has 0 aliphatic carbocycles. The average Bonchev–Trinajstić information content (AvgIpc) is 2.70. The van der Waals surface area contributed by atoms with E-state index in [-0.39, 0.29) is 23.2 Å². The smallest absolute Gasteiger partial charge is 0.344 e. The largest absolute Gasteiger partial charge is 0.481 e. The second kappa shape index (κ2) is 11.1. The Labute approximate surface area is 202 Å². The molecule has 33 heavy (non-hydrogen) atoms. The van der Waals surface area contributed by atoms with E-state index in [0.29, 0.717) is 21.9 Å². The predicted molar refractivity (Wildman–Crippen MR) is 131 cm³/mol. The molecule has 0 aliphatic heterocycles. The summed E-state index contributed by atoms with van der Waals surface area (Å²) in [7, 11) is -3.41. The molecule has 2 aromatic rings. The summed E-state index contributed by atoms with van der Waals surface area (Å²) in [4.78, 5) is 12.3. The number of carbonyl (C=O) groups is 1. The van der Waals surface area contributed by atoms with Gasteiger partial charge in [-0.25, -0.2) is 13.2 Å². The van der Waals surface area contributed by atoms with E-state index in [2.05, 4.69) is 11.8 Å². The Morgan fingerprint density at radius 3 is 2.39 bits per heavy atom. The zero-order valence-electron chi connectivity index (χ0n) is 20.0. The molecule has 0 amide bonds. The van der Waals surface area contributed by atoms with Crippen molar-refractivity contribution in [3.8, 4) is 17.6 Å². The highest BCUT2D eigenvalue weighted by Crippen LogP contribution is 2.24. The van der Waals surface area contributed by atoms with Crippen LogP contribution in [0.2, 0.25) is 5.02 Å². The molecule has 7 heteroatoms. The first-order chi connectivity index (χ1) is 15.3. The van der Waals surface area contributed by atoms with Crippen molar-refractivity contribution >= 4 is 27.4 Å². The Morgan fingerprint density at radius 1 is 1.09 bits per heavy atom. The normalized spacial score (nSPS) is 12.5. The Balaban J connectivity index is 2.32. The van der Waals surface area contributed by atoms with Crippen molar-refractivity contribution in [2.45, 2.75) is 58.5 Å². The maximum absolute atomic E-state index is 12.8. The number of esters is 1. The Kier molecular flexibility index (Phi) is 8.99. The van der Waals surface area contributed by atoms with Crippen LogP contribution in [0.4, 0.5) is 0 Å². The van der Waals surface area contributed by atoms with Gasteiger partial charge < -0.3 is 9.47 Å². The number of hydrogen-bond donors (Lipinski definition) is 0. The molecule has 0 heterocycles. The van der Waals surface area contributed by atoms with Crippen LogP contribution in [0, 0.1) is 24.7 Å². The number of ether oxygens (including phenoxy) is 2. The van der Waals surface area contributed by atoms with Crippen molar-refractivity contribution in [2.24, 2.45) is 5.92 Å². The number of aryl methyl sites for hydroxylation is 1. The minimum atomic E-state index is -3.41. The van der Waals surface area contributed by atoms with E-state index in [1.807, 2.05) is 20.8 Å². The number of carbonyl (C=O) groups excluding carboxylic acids is 1. The van der Waals surface area contributed by atoms with Gasteiger partial charge in [-0.05, 0) is 69.5 Å². The SMILES string of the molecule is CCC(C)CS(=O)(=O)c1ccc(C)c(C#Cc2cc(Cl)ccc2OCC(=O)OC(C)(C)C)c1. The minimum Gasteiger partial charge on any atom is -0.481 e. The van der Waals surface area contributed by atoms with Crippen LogP contribution in [-0.4, -0.2) is 32.3 Å². The lowest BCUT2D eigenvalue weighted by atomic mass is 10.1. The van der Waals surface area contributed by atoms with Crippen LogP contribution in [0.15, 0.2) is 41.3 Å². The molecule has 0 spiro atoms. The van der Waals surface area contributed by atoms with Gasteiger partial charge in [-0.15, -0.1) is 0 Å². The van der Waals surface area contributed by atoms with E-state index in [1.54, 1.807) is 57.2 Å². The van der Waals surface area contributed by atoms with Crippen molar-refractivity contribution in [1.82, 2.24) is 0 Å². The highest BCUT2D eigenvalue weighted by molar-refractivity contribution is 7.91. The third-order valence-corrected chi connectivity index (χ3v) is 7.02. The maximum atomic E-state index is 12.8. The fourth-order valence-corrected chi connectivity index (χ4v) is 4.81. The van der Waals surface area contributed by atoms with E-state index in [9.17, 15) is 13.2 Å². The average molecular weight is 491 g/mol. The molecule has 0 saturated carbocycles. The summed E-state index contributed by atoms with van der Waals surface area (Å²) in [6, 6.07) is 9.89. The van der Waals surface area contributed by atoms with E-state index < -0.39 is 21.4 Å². The summed E-state index contributed by atoms with van der Waals surface area (Å²) in [6.07, 6.45) is 0.790. The molecule has 0 aliphatic rings. The Hall–Kier alpha value is -2.49. The molecule has 2 rings (SSSR count). The number of halogens is 1. The zero-order valence-corrected chi connectivity index (χ0v) is 21.6. The lowest BCUT2D eigenvalue weighted by Gasteiger charge is -2.19. The fraction of sp³-hybridized carbons (Fsp3) is 0.423. The van der Waals surface area contributed by atoms with E-state index in [0.717, 1.165) is 12.0 Å². The monoisotopic (exact) mass is 490 g/mol. The van der Waals surface area contributed by atoms with Crippen molar-refractivity contribution in [3.05, 3.63) is 58.1 Å². The van der Waals surface area contributed by atoms with Crippen LogP contribution in [0.3, 0.4) is 0 Å². The Bertz CT molecular complexity index is 1170. The van der Waals surface area contributed by atoms with Crippen LogP contribution in [-0.2, 0) is 19.4 Å². The Morgan fingerprint density at radius 2 is 1.76 bits per heavy atom. The first-order valence-corrected chi connectivity index (χ1v) is 12.8. The second-order valence-corrected chi connectivity index (χ2v) is 11.5.